The van der Waals surface area contributed by atoms with Crippen LogP contribution < -0.4 is 20.1 Å². The smallest absolute Gasteiger partial charge is 0.408 e. The molecule has 218 valence electrons. The predicted molar refractivity (Wildman–Crippen MR) is 149 cm³/mol. The fraction of sp³-hybridized carbons (Fsp3) is 0.679. The van der Waals surface area contributed by atoms with E-state index in [0.717, 1.165) is 5.56 Å². The predicted octanol–water partition coefficient (Wildman–Crippen LogP) is 5.28. The maximum absolute atomic E-state index is 13.6. The molecule has 2 atom stereocenters. The van der Waals surface area contributed by atoms with Crippen molar-refractivity contribution in [2.75, 3.05) is 19.9 Å². The number of nitrogens with zero attached hydrogens (tertiary/aromatic N) is 1. The van der Waals surface area contributed by atoms with Crippen molar-refractivity contribution >= 4 is 18.1 Å². The maximum atomic E-state index is 13.6. The monoisotopic (exact) mass is 539 g/mol. The Balaban J connectivity index is 0.00000760. The molecule has 2 rings (SSSR count). The summed E-state index contributed by atoms with van der Waals surface area (Å²) in [7, 11) is 0. The van der Waals surface area contributed by atoms with Crippen LogP contribution in [0.15, 0.2) is 18.2 Å². The first-order chi connectivity index (χ1) is 17.7. The van der Waals surface area contributed by atoms with E-state index in [-0.39, 0.29) is 21.6 Å². The second-order valence-electron chi connectivity index (χ2n) is 11.5. The van der Waals surface area contributed by atoms with Crippen LogP contribution in [0.3, 0.4) is 0 Å². The van der Waals surface area contributed by atoms with Gasteiger partial charge in [-0.25, -0.2) is 9.59 Å². The lowest BCUT2D eigenvalue weighted by Gasteiger charge is -2.32. The molecule has 0 spiro atoms. The molecule has 1 aliphatic heterocycles. The Morgan fingerprint density at radius 1 is 1.00 bits per heavy atom. The Labute approximate surface area is 229 Å². The highest BCUT2D eigenvalue weighted by Crippen LogP contribution is 2.33. The molecule has 0 unspecified atom stereocenters. The largest absolute Gasteiger partial charge is 0.454 e. The number of amides is 3. The lowest BCUT2D eigenvalue weighted by atomic mass is 10.0. The van der Waals surface area contributed by atoms with Gasteiger partial charge in [0.25, 0.3) is 0 Å². The average Bonchev–Trinajstić information content (AvgIpc) is 3.24. The van der Waals surface area contributed by atoms with Crippen LogP contribution in [0.1, 0.15) is 83.1 Å². The van der Waals surface area contributed by atoms with Crippen LogP contribution in [0.5, 0.6) is 11.5 Å². The lowest BCUT2D eigenvalue weighted by molar-refractivity contribution is -0.135. The van der Waals surface area contributed by atoms with E-state index in [2.05, 4.69) is 10.6 Å². The van der Waals surface area contributed by atoms with Crippen LogP contribution in [0.4, 0.5) is 9.59 Å². The lowest BCUT2D eigenvalue weighted by Crippen LogP contribution is -2.52. The van der Waals surface area contributed by atoms with E-state index in [1.54, 1.807) is 46.4 Å². The van der Waals surface area contributed by atoms with Gasteiger partial charge >= 0.3 is 12.2 Å². The van der Waals surface area contributed by atoms with E-state index >= 15 is 0 Å². The molecule has 1 aliphatic rings. The number of unbranched alkanes of at least 4 members (excludes halogenated alkanes) is 1. The fourth-order valence-corrected chi connectivity index (χ4v) is 4.09. The third kappa shape index (κ3) is 10.7. The molecule has 0 aromatic heterocycles. The first-order valence-electron chi connectivity index (χ1n) is 13.3. The minimum atomic E-state index is -0.759. The number of alkyl carbamates (subject to hydrolysis) is 2. The summed E-state index contributed by atoms with van der Waals surface area (Å²) in [5.74, 6) is 1.24. The van der Waals surface area contributed by atoms with Crippen molar-refractivity contribution in [2.45, 2.75) is 104 Å². The van der Waals surface area contributed by atoms with Gasteiger partial charge in [-0.3, -0.25) is 4.79 Å². The molecular weight excluding hydrogens is 490 g/mol. The SMILES string of the molecule is CCN(C(=O)[C@H](CCCCNC(=O)OC(C)(C)C)NC(=O)OC(C)(C)C)[C@@H](C)Cc1ccc2c(c1)OCO2.[HH].[HH]. The summed E-state index contributed by atoms with van der Waals surface area (Å²) < 4.78 is 21.5. The first kappa shape index (κ1) is 31.1. The van der Waals surface area contributed by atoms with Gasteiger partial charge in [0, 0.05) is 22.0 Å². The second kappa shape index (κ2) is 13.6. The second-order valence-corrected chi connectivity index (χ2v) is 11.5. The molecule has 1 aromatic carbocycles. The highest BCUT2D eigenvalue weighted by Gasteiger charge is 2.30. The molecule has 1 aromatic rings. The number of benzene rings is 1. The van der Waals surface area contributed by atoms with Gasteiger partial charge in [-0.2, -0.15) is 0 Å². The van der Waals surface area contributed by atoms with Crippen molar-refractivity contribution < 1.29 is 36.2 Å². The molecule has 0 saturated heterocycles. The number of likely N-dealkylation sites (N-methyl/N-ethyl adjacent to an activating group) is 1. The van der Waals surface area contributed by atoms with Crippen molar-refractivity contribution in [1.29, 1.82) is 0 Å². The third-order valence-electron chi connectivity index (χ3n) is 5.70. The number of carbonyl (C=O) groups is 3. The molecule has 1 heterocycles. The van der Waals surface area contributed by atoms with Gasteiger partial charge < -0.3 is 34.5 Å². The summed E-state index contributed by atoms with van der Waals surface area (Å²) in [6, 6.07) is 4.90. The van der Waals surface area contributed by atoms with Gasteiger partial charge in [0.15, 0.2) is 11.5 Å². The first-order valence-corrected chi connectivity index (χ1v) is 13.3. The Morgan fingerprint density at radius 3 is 2.26 bits per heavy atom. The van der Waals surface area contributed by atoms with E-state index in [1.807, 2.05) is 32.0 Å². The van der Waals surface area contributed by atoms with Gasteiger partial charge in [-0.1, -0.05) is 6.07 Å². The van der Waals surface area contributed by atoms with Gasteiger partial charge in [0.05, 0.1) is 0 Å². The maximum Gasteiger partial charge on any atom is 0.408 e. The van der Waals surface area contributed by atoms with Crippen LogP contribution in [0.2, 0.25) is 0 Å². The Morgan fingerprint density at radius 2 is 1.63 bits per heavy atom. The van der Waals surface area contributed by atoms with Crippen molar-refractivity contribution in [3.8, 4) is 11.5 Å². The highest BCUT2D eigenvalue weighted by molar-refractivity contribution is 5.86. The van der Waals surface area contributed by atoms with E-state index in [9.17, 15) is 14.4 Å². The van der Waals surface area contributed by atoms with Crippen LogP contribution in [0.25, 0.3) is 0 Å². The standard InChI is InChI=1S/C28H45N3O7.2H2/c1-9-31(19(2)16-20-13-14-22-23(17-20)36-18-35-22)24(32)21(30-26(34)38-28(6,7)8)12-10-11-15-29-25(33)37-27(3,4)5;;/h13-14,17,19,21H,9-12,15-16,18H2,1-8H3,(H,29,33)(H,30,34);2*1H/t19-,21-;;/m0../s1. The fourth-order valence-electron chi connectivity index (χ4n) is 4.09. The molecule has 10 nitrogen and oxygen atoms in total. The topological polar surface area (TPSA) is 115 Å². The summed E-state index contributed by atoms with van der Waals surface area (Å²) in [6.45, 7) is 15.7. The van der Waals surface area contributed by atoms with Gasteiger partial charge in [-0.15, -0.1) is 0 Å². The number of carbonyl (C=O) groups excluding carboxylic acids is 3. The minimum absolute atomic E-state index is 0. The zero-order valence-electron chi connectivity index (χ0n) is 24.1. The molecule has 0 saturated carbocycles. The van der Waals surface area contributed by atoms with E-state index in [0.29, 0.717) is 50.3 Å². The number of ether oxygens (including phenoxy) is 4. The molecule has 38 heavy (non-hydrogen) atoms. The number of nitrogens with one attached hydrogen (secondary N) is 2. The number of hydrogen-bond acceptors (Lipinski definition) is 7. The molecular formula is C28H49N3O7. The van der Waals surface area contributed by atoms with Crippen molar-refractivity contribution in [2.24, 2.45) is 0 Å². The van der Waals surface area contributed by atoms with Gasteiger partial charge in [0.2, 0.25) is 12.7 Å². The van der Waals surface area contributed by atoms with Crippen LogP contribution in [0, 0.1) is 0 Å². The van der Waals surface area contributed by atoms with Gasteiger partial charge in [-0.05, 0) is 98.8 Å². The van der Waals surface area contributed by atoms with Crippen molar-refractivity contribution in [1.82, 2.24) is 15.5 Å². The third-order valence-corrected chi connectivity index (χ3v) is 5.70. The van der Waals surface area contributed by atoms with Crippen LogP contribution in [-0.4, -0.2) is 66.2 Å². The molecule has 0 aliphatic carbocycles. The van der Waals surface area contributed by atoms with Crippen molar-refractivity contribution in [3.05, 3.63) is 23.8 Å². The van der Waals surface area contributed by atoms with Crippen LogP contribution >= 0.6 is 0 Å². The summed E-state index contributed by atoms with van der Waals surface area (Å²) in [6.07, 6.45) is 1.14. The molecule has 0 bridgehead atoms. The van der Waals surface area contributed by atoms with Gasteiger partial charge in [0.1, 0.15) is 17.2 Å². The zero-order valence-corrected chi connectivity index (χ0v) is 24.1. The Kier molecular flexibility index (Phi) is 11.1. The Bertz CT molecular complexity index is 964. The highest BCUT2D eigenvalue weighted by atomic mass is 16.7. The van der Waals surface area contributed by atoms with E-state index in [1.165, 1.54) is 0 Å². The minimum Gasteiger partial charge on any atom is -0.454 e. The normalized spacial score (nSPS) is 14.3. The van der Waals surface area contributed by atoms with Crippen LogP contribution in [-0.2, 0) is 20.7 Å². The number of hydrogen-bond donors (Lipinski definition) is 2. The molecule has 0 radical (unpaired) electrons. The average molecular weight is 540 g/mol. The van der Waals surface area contributed by atoms with E-state index < -0.39 is 29.4 Å². The molecule has 0 fully saturated rings. The van der Waals surface area contributed by atoms with Crippen molar-refractivity contribution in [3.63, 3.8) is 0 Å². The summed E-state index contributed by atoms with van der Waals surface area (Å²) in [4.78, 5) is 39.9. The molecule has 2 N–H and O–H groups in total. The summed E-state index contributed by atoms with van der Waals surface area (Å²) in [5.41, 5.74) is -0.232. The quantitative estimate of drug-likeness (QED) is 0.368. The zero-order chi connectivity index (χ0) is 28.5. The molecule has 10 heteroatoms. The summed E-state index contributed by atoms with van der Waals surface area (Å²) in [5, 5.41) is 5.49. The Hall–Kier alpha value is -3.17. The number of fused-ring (bicyclic) bond motifs is 1. The molecule has 3 amide bonds. The summed E-state index contributed by atoms with van der Waals surface area (Å²) >= 11 is 0. The van der Waals surface area contributed by atoms with E-state index in [4.69, 9.17) is 18.9 Å². The number of rotatable bonds is 11.